The monoisotopic (exact) mass is 461 g/mol. The number of carbonyl (C=O) groups excluding carboxylic acids is 2. The van der Waals surface area contributed by atoms with Crippen LogP contribution in [0, 0.1) is 5.92 Å². The first-order chi connectivity index (χ1) is 14.9. The fourth-order valence-corrected chi connectivity index (χ4v) is 5.93. The molecule has 1 aliphatic heterocycles. The third-order valence-electron chi connectivity index (χ3n) is 6.01. The smallest absolute Gasteiger partial charge is 0.253 e. The second-order valence-corrected chi connectivity index (χ2v) is 10.8. The van der Waals surface area contributed by atoms with Gasteiger partial charge in [-0.3, -0.25) is 9.59 Å². The summed E-state index contributed by atoms with van der Waals surface area (Å²) in [6, 6.07) is 9.78. The lowest BCUT2D eigenvalue weighted by Gasteiger charge is -2.36. The number of carbonyl (C=O) groups is 2. The van der Waals surface area contributed by atoms with Crippen LogP contribution in [0.5, 0.6) is 0 Å². The maximum absolute atomic E-state index is 12.8. The van der Waals surface area contributed by atoms with Crippen molar-refractivity contribution in [1.29, 1.82) is 0 Å². The molecule has 0 spiro atoms. The van der Waals surface area contributed by atoms with Crippen LogP contribution in [-0.4, -0.2) is 56.2 Å². The van der Waals surface area contributed by atoms with Crippen molar-refractivity contribution in [2.45, 2.75) is 37.1 Å². The number of nitrogens with zero attached hydrogens (tertiary/aromatic N) is 2. The molecule has 2 heterocycles. The molecule has 1 N–H and O–H groups in total. The van der Waals surface area contributed by atoms with Crippen molar-refractivity contribution in [3.05, 3.63) is 52.2 Å². The molecule has 2 aliphatic rings. The highest BCUT2D eigenvalue weighted by atomic mass is 32.2. The van der Waals surface area contributed by atoms with Gasteiger partial charge < -0.3 is 9.80 Å². The molecule has 9 heteroatoms. The fraction of sp³-hybridized carbons (Fsp3) is 0.455. The number of rotatable bonds is 6. The van der Waals surface area contributed by atoms with Crippen molar-refractivity contribution in [1.82, 2.24) is 14.5 Å². The van der Waals surface area contributed by atoms with Gasteiger partial charge >= 0.3 is 0 Å². The van der Waals surface area contributed by atoms with Crippen LogP contribution in [0.1, 0.15) is 40.9 Å². The lowest BCUT2D eigenvalue weighted by Crippen LogP contribution is -2.51. The summed E-state index contributed by atoms with van der Waals surface area (Å²) in [5.41, 5.74) is 0.452. The minimum absolute atomic E-state index is 0.132. The standard InChI is InChI=1S/C22H27N3O4S2/c26-21(17-4-1-2-5-17)24-11-13-25(14-12-24)22(27)18-7-9-20(10-8-18)31(28,29)23-16-19-6-3-15-30-19/h3,6-10,15,17,23H,1-2,4-5,11-14,16H2. The van der Waals surface area contributed by atoms with Crippen LogP contribution in [0.15, 0.2) is 46.7 Å². The number of thiophene rings is 1. The Morgan fingerprint density at radius 2 is 1.61 bits per heavy atom. The maximum atomic E-state index is 12.8. The second kappa shape index (κ2) is 9.50. The fourth-order valence-electron chi connectivity index (χ4n) is 4.18. The SMILES string of the molecule is O=C(c1ccc(S(=O)(=O)NCc2cccs2)cc1)N1CCN(C(=O)C2CCCC2)CC1. The Balaban J connectivity index is 1.32. The van der Waals surface area contributed by atoms with E-state index in [1.807, 2.05) is 22.4 Å². The third kappa shape index (κ3) is 5.16. The van der Waals surface area contributed by atoms with Gasteiger partial charge in [-0.15, -0.1) is 11.3 Å². The molecule has 1 saturated heterocycles. The normalized spacial score (nSPS) is 17.8. The van der Waals surface area contributed by atoms with E-state index in [0.717, 1.165) is 30.6 Å². The predicted octanol–water partition coefficient (Wildman–Crippen LogP) is 2.70. The highest BCUT2D eigenvalue weighted by Gasteiger charge is 2.30. The van der Waals surface area contributed by atoms with Gasteiger partial charge in [-0.1, -0.05) is 18.9 Å². The average molecular weight is 462 g/mol. The van der Waals surface area contributed by atoms with Gasteiger partial charge in [0.1, 0.15) is 0 Å². The number of piperazine rings is 1. The molecule has 0 bridgehead atoms. The molecule has 2 fully saturated rings. The van der Waals surface area contributed by atoms with Crippen LogP contribution in [0.2, 0.25) is 0 Å². The molecule has 0 atom stereocenters. The molecule has 7 nitrogen and oxygen atoms in total. The lowest BCUT2D eigenvalue weighted by molar-refractivity contribution is -0.136. The maximum Gasteiger partial charge on any atom is 0.253 e. The van der Waals surface area contributed by atoms with Gasteiger partial charge in [0, 0.05) is 49.1 Å². The second-order valence-electron chi connectivity index (χ2n) is 8.03. The quantitative estimate of drug-likeness (QED) is 0.717. The Morgan fingerprint density at radius 3 is 2.23 bits per heavy atom. The summed E-state index contributed by atoms with van der Waals surface area (Å²) in [4.78, 5) is 30.1. The van der Waals surface area contributed by atoms with Gasteiger partial charge in [0.2, 0.25) is 15.9 Å². The Hall–Kier alpha value is -2.23. The van der Waals surface area contributed by atoms with Crippen molar-refractivity contribution in [2.75, 3.05) is 26.2 Å². The highest BCUT2D eigenvalue weighted by molar-refractivity contribution is 7.89. The van der Waals surface area contributed by atoms with E-state index >= 15 is 0 Å². The molecule has 2 amide bonds. The lowest BCUT2D eigenvalue weighted by atomic mass is 10.1. The molecule has 4 rings (SSSR count). The number of sulfonamides is 1. The zero-order valence-corrected chi connectivity index (χ0v) is 19.0. The number of benzene rings is 1. The largest absolute Gasteiger partial charge is 0.339 e. The number of amides is 2. The zero-order chi connectivity index (χ0) is 21.8. The summed E-state index contributed by atoms with van der Waals surface area (Å²) in [5, 5.41) is 1.90. The first-order valence-electron chi connectivity index (χ1n) is 10.6. The number of nitrogens with one attached hydrogen (secondary N) is 1. The zero-order valence-electron chi connectivity index (χ0n) is 17.3. The summed E-state index contributed by atoms with van der Waals surface area (Å²) in [6.45, 7) is 2.35. The van der Waals surface area contributed by atoms with Crippen molar-refractivity contribution in [3.63, 3.8) is 0 Å². The summed E-state index contributed by atoms with van der Waals surface area (Å²) < 4.78 is 27.5. The van der Waals surface area contributed by atoms with Crippen LogP contribution in [0.3, 0.4) is 0 Å². The molecular weight excluding hydrogens is 434 g/mol. The molecule has 2 aromatic rings. The molecule has 31 heavy (non-hydrogen) atoms. The first kappa shape index (κ1) is 22.0. The topological polar surface area (TPSA) is 86.8 Å². The molecule has 1 aliphatic carbocycles. The van der Waals surface area contributed by atoms with E-state index in [1.54, 1.807) is 17.0 Å². The van der Waals surface area contributed by atoms with Gasteiger partial charge in [0.05, 0.1) is 4.90 Å². The van der Waals surface area contributed by atoms with Crippen molar-refractivity contribution < 1.29 is 18.0 Å². The van der Waals surface area contributed by atoms with Gasteiger partial charge in [0.15, 0.2) is 0 Å². The average Bonchev–Trinajstić information content (AvgIpc) is 3.51. The van der Waals surface area contributed by atoms with E-state index < -0.39 is 10.0 Å². The minimum Gasteiger partial charge on any atom is -0.339 e. The number of hydrogen-bond donors (Lipinski definition) is 1. The predicted molar refractivity (Wildman–Crippen MR) is 119 cm³/mol. The molecular formula is C22H27N3O4S2. The van der Waals surface area contributed by atoms with Crippen molar-refractivity contribution in [2.24, 2.45) is 5.92 Å². The molecule has 0 unspecified atom stereocenters. The summed E-state index contributed by atoms with van der Waals surface area (Å²) in [7, 11) is -3.64. The third-order valence-corrected chi connectivity index (χ3v) is 8.30. The molecule has 0 radical (unpaired) electrons. The first-order valence-corrected chi connectivity index (χ1v) is 13.0. The van der Waals surface area contributed by atoms with Gasteiger partial charge in [0.25, 0.3) is 5.91 Å². The Kier molecular flexibility index (Phi) is 6.74. The highest BCUT2D eigenvalue weighted by Crippen LogP contribution is 2.27. The van der Waals surface area contributed by atoms with E-state index in [9.17, 15) is 18.0 Å². The van der Waals surface area contributed by atoms with Crippen LogP contribution >= 0.6 is 11.3 Å². The molecule has 1 aromatic heterocycles. The van der Waals surface area contributed by atoms with Gasteiger partial charge in [-0.25, -0.2) is 13.1 Å². The molecule has 1 saturated carbocycles. The minimum atomic E-state index is -3.64. The Bertz CT molecular complexity index is 1010. The summed E-state index contributed by atoms with van der Waals surface area (Å²) >= 11 is 1.49. The number of hydrogen-bond acceptors (Lipinski definition) is 5. The van der Waals surface area contributed by atoms with E-state index in [0.29, 0.717) is 31.7 Å². The summed E-state index contributed by atoms with van der Waals surface area (Å²) in [5.74, 6) is 0.253. The van der Waals surface area contributed by atoms with E-state index in [4.69, 9.17) is 0 Å². The Labute approximate surface area is 187 Å². The molecule has 166 valence electrons. The van der Waals surface area contributed by atoms with E-state index in [1.165, 1.54) is 23.5 Å². The van der Waals surface area contributed by atoms with E-state index in [-0.39, 0.29) is 29.2 Å². The van der Waals surface area contributed by atoms with Crippen molar-refractivity contribution in [3.8, 4) is 0 Å². The summed E-state index contributed by atoms with van der Waals surface area (Å²) in [6.07, 6.45) is 4.22. The van der Waals surface area contributed by atoms with E-state index in [2.05, 4.69) is 4.72 Å². The Morgan fingerprint density at radius 1 is 0.968 bits per heavy atom. The molecule has 1 aromatic carbocycles. The van der Waals surface area contributed by atoms with Crippen LogP contribution in [0.4, 0.5) is 0 Å². The van der Waals surface area contributed by atoms with Crippen LogP contribution < -0.4 is 4.72 Å². The van der Waals surface area contributed by atoms with Gasteiger partial charge in [-0.2, -0.15) is 0 Å². The van der Waals surface area contributed by atoms with Crippen LogP contribution in [0.25, 0.3) is 0 Å². The van der Waals surface area contributed by atoms with Crippen LogP contribution in [-0.2, 0) is 21.4 Å². The van der Waals surface area contributed by atoms with Crippen molar-refractivity contribution >= 4 is 33.2 Å². The van der Waals surface area contributed by atoms with Gasteiger partial charge in [-0.05, 0) is 48.6 Å².